The average Bonchev–Trinajstić information content (AvgIpc) is 2.28. The van der Waals surface area contributed by atoms with E-state index in [4.69, 9.17) is 11.6 Å². The lowest BCUT2D eigenvalue weighted by molar-refractivity contribution is -0.117. The lowest BCUT2D eigenvalue weighted by atomic mass is 9.75. The van der Waals surface area contributed by atoms with Crippen molar-refractivity contribution < 1.29 is 4.79 Å². The van der Waals surface area contributed by atoms with E-state index < -0.39 is 0 Å². The molecule has 17 heavy (non-hydrogen) atoms. The zero-order valence-electron chi connectivity index (χ0n) is 10.4. The topological polar surface area (TPSA) is 20.3 Å². The van der Waals surface area contributed by atoms with Crippen LogP contribution in [0.3, 0.4) is 0 Å². The summed E-state index contributed by atoms with van der Waals surface area (Å²) < 4.78 is 0. The Kier molecular flexibility index (Phi) is 2.94. The predicted octanol–water partition coefficient (Wildman–Crippen LogP) is 3.10. The van der Waals surface area contributed by atoms with Crippen LogP contribution in [-0.2, 0) is 4.79 Å². The fourth-order valence-corrected chi connectivity index (χ4v) is 4.29. The number of nitrogens with zero attached hydrogens (tertiary/aromatic N) is 1. The molecule has 1 aliphatic carbocycles. The van der Waals surface area contributed by atoms with Gasteiger partial charge in [0.05, 0.1) is 0 Å². The van der Waals surface area contributed by atoms with Gasteiger partial charge in [0.25, 0.3) is 0 Å². The van der Waals surface area contributed by atoms with Gasteiger partial charge in [-0.25, -0.2) is 0 Å². The third-order valence-electron chi connectivity index (χ3n) is 4.64. The molecule has 0 bridgehead atoms. The summed E-state index contributed by atoms with van der Waals surface area (Å²) >= 11 is 6.28. The van der Waals surface area contributed by atoms with Gasteiger partial charge in [-0.15, -0.1) is 11.6 Å². The van der Waals surface area contributed by atoms with Gasteiger partial charge in [-0.1, -0.05) is 0 Å². The second kappa shape index (κ2) is 4.31. The van der Waals surface area contributed by atoms with Crippen molar-refractivity contribution in [3.63, 3.8) is 0 Å². The minimum Gasteiger partial charge on any atom is -0.368 e. The zero-order valence-corrected chi connectivity index (χ0v) is 11.1. The summed E-state index contributed by atoms with van der Waals surface area (Å²) in [6, 6.07) is 1.04. The number of carbonyl (C=O) groups is 1. The van der Waals surface area contributed by atoms with Crippen molar-refractivity contribution in [2.24, 2.45) is 5.92 Å². The van der Waals surface area contributed by atoms with Crippen LogP contribution in [0.2, 0.25) is 0 Å². The molecule has 3 rings (SSSR count). The largest absolute Gasteiger partial charge is 0.368 e. The standard InChI is InChI=1S/C14H20ClNO/c1-9-6-13(17)8-12-4-2-10-7-11(15)3-5-14(10)16(9)12/h8-11,14H,2-7H2,1H3. The maximum Gasteiger partial charge on any atom is 0.159 e. The molecule has 2 aliphatic heterocycles. The number of hydrogen-bond donors (Lipinski definition) is 0. The van der Waals surface area contributed by atoms with Gasteiger partial charge in [-0.3, -0.25) is 4.79 Å². The Morgan fingerprint density at radius 1 is 1.35 bits per heavy atom. The maximum atomic E-state index is 11.6. The monoisotopic (exact) mass is 253 g/mol. The SMILES string of the molecule is CC1CC(=O)C=C2CCC3CC(Cl)CCC3N21. The van der Waals surface area contributed by atoms with Crippen LogP contribution in [0, 0.1) is 5.92 Å². The van der Waals surface area contributed by atoms with Gasteiger partial charge in [0.1, 0.15) is 0 Å². The minimum atomic E-state index is 0.313. The molecule has 0 aromatic heterocycles. The fraction of sp³-hybridized carbons (Fsp3) is 0.786. The van der Waals surface area contributed by atoms with Gasteiger partial charge < -0.3 is 4.90 Å². The molecule has 0 aromatic carbocycles. The quantitative estimate of drug-likeness (QED) is 0.619. The smallest absolute Gasteiger partial charge is 0.159 e. The van der Waals surface area contributed by atoms with Crippen molar-refractivity contribution in [2.75, 3.05) is 0 Å². The summed E-state index contributed by atoms with van der Waals surface area (Å²) in [6.07, 6.45) is 8.37. The number of fused-ring (bicyclic) bond motifs is 3. The van der Waals surface area contributed by atoms with E-state index in [1.165, 1.54) is 18.5 Å². The highest BCUT2D eigenvalue weighted by Crippen LogP contribution is 2.43. The van der Waals surface area contributed by atoms with Gasteiger partial charge >= 0.3 is 0 Å². The molecule has 0 aromatic rings. The first kappa shape index (κ1) is 11.6. The number of carbonyl (C=O) groups excluding carboxylic acids is 1. The normalized spacial score (nSPS) is 41.6. The summed E-state index contributed by atoms with van der Waals surface area (Å²) in [5, 5.41) is 0.378. The molecule has 2 heterocycles. The van der Waals surface area contributed by atoms with Crippen LogP contribution in [-0.4, -0.2) is 28.1 Å². The Labute approximate surface area is 108 Å². The summed E-state index contributed by atoms with van der Waals surface area (Å²) in [5.41, 5.74) is 1.29. The molecular weight excluding hydrogens is 234 g/mol. The molecule has 0 amide bonds. The van der Waals surface area contributed by atoms with E-state index in [9.17, 15) is 4.79 Å². The third-order valence-corrected chi connectivity index (χ3v) is 5.03. The zero-order chi connectivity index (χ0) is 12.0. The first-order valence-corrected chi connectivity index (χ1v) is 7.24. The summed E-state index contributed by atoms with van der Waals surface area (Å²) in [6.45, 7) is 2.19. The van der Waals surface area contributed by atoms with Crippen LogP contribution in [0.5, 0.6) is 0 Å². The number of halogens is 1. The second-order valence-electron chi connectivity index (χ2n) is 5.84. The Hall–Kier alpha value is -0.500. The number of ketones is 1. The summed E-state index contributed by atoms with van der Waals surface area (Å²) in [4.78, 5) is 14.2. The number of rotatable bonds is 0. The van der Waals surface area contributed by atoms with Crippen LogP contribution >= 0.6 is 11.6 Å². The molecular formula is C14H20ClNO. The Morgan fingerprint density at radius 3 is 3.00 bits per heavy atom. The Bertz CT molecular complexity index is 365. The van der Waals surface area contributed by atoms with Gasteiger partial charge in [0.2, 0.25) is 0 Å². The highest BCUT2D eigenvalue weighted by molar-refractivity contribution is 6.20. The van der Waals surface area contributed by atoms with Gasteiger partial charge in [-0.05, 0) is 44.9 Å². The first-order chi connectivity index (χ1) is 8.15. The first-order valence-electron chi connectivity index (χ1n) is 6.81. The van der Waals surface area contributed by atoms with Crippen molar-refractivity contribution in [3.8, 4) is 0 Å². The van der Waals surface area contributed by atoms with Gasteiger partial charge in [0.15, 0.2) is 5.78 Å². The van der Waals surface area contributed by atoms with Crippen molar-refractivity contribution >= 4 is 17.4 Å². The lowest BCUT2D eigenvalue weighted by Crippen LogP contribution is -2.52. The molecule has 4 atom stereocenters. The third kappa shape index (κ3) is 2.01. The molecule has 94 valence electrons. The second-order valence-corrected chi connectivity index (χ2v) is 6.46. The van der Waals surface area contributed by atoms with Crippen LogP contribution in [0.15, 0.2) is 11.8 Å². The van der Waals surface area contributed by atoms with E-state index in [0.717, 1.165) is 25.2 Å². The molecule has 3 heteroatoms. The summed E-state index contributed by atoms with van der Waals surface area (Å²) in [5.74, 6) is 1.06. The van der Waals surface area contributed by atoms with Crippen molar-refractivity contribution in [2.45, 2.75) is 62.9 Å². The molecule has 4 unspecified atom stereocenters. The molecule has 0 radical (unpaired) electrons. The van der Waals surface area contributed by atoms with Crippen LogP contribution in [0.1, 0.15) is 45.4 Å². The van der Waals surface area contributed by atoms with E-state index in [0.29, 0.717) is 29.7 Å². The Morgan fingerprint density at radius 2 is 2.18 bits per heavy atom. The van der Waals surface area contributed by atoms with E-state index in [-0.39, 0.29) is 0 Å². The molecule has 2 nitrogen and oxygen atoms in total. The fourth-order valence-electron chi connectivity index (χ4n) is 3.93. The molecule has 3 aliphatic rings. The highest BCUT2D eigenvalue weighted by Gasteiger charge is 2.41. The molecule has 1 saturated heterocycles. The average molecular weight is 254 g/mol. The van der Waals surface area contributed by atoms with Crippen LogP contribution in [0.25, 0.3) is 0 Å². The van der Waals surface area contributed by atoms with Gasteiger partial charge in [-0.2, -0.15) is 0 Å². The van der Waals surface area contributed by atoms with Crippen molar-refractivity contribution in [1.82, 2.24) is 4.90 Å². The van der Waals surface area contributed by atoms with E-state index in [2.05, 4.69) is 11.8 Å². The lowest BCUT2D eigenvalue weighted by Gasteiger charge is -2.51. The van der Waals surface area contributed by atoms with E-state index in [1.54, 1.807) is 0 Å². The molecule has 0 spiro atoms. The van der Waals surface area contributed by atoms with Crippen LogP contribution < -0.4 is 0 Å². The minimum absolute atomic E-state index is 0.313. The highest BCUT2D eigenvalue weighted by atomic mass is 35.5. The number of piperidine rings is 1. The molecule has 2 fully saturated rings. The molecule has 1 saturated carbocycles. The van der Waals surface area contributed by atoms with Crippen LogP contribution in [0.4, 0.5) is 0 Å². The van der Waals surface area contributed by atoms with E-state index in [1.807, 2.05) is 6.08 Å². The van der Waals surface area contributed by atoms with Crippen molar-refractivity contribution in [3.05, 3.63) is 11.8 Å². The number of alkyl halides is 1. The Balaban J connectivity index is 1.86. The number of allylic oxidation sites excluding steroid dienone is 2. The van der Waals surface area contributed by atoms with E-state index >= 15 is 0 Å². The predicted molar refractivity (Wildman–Crippen MR) is 69.0 cm³/mol. The summed E-state index contributed by atoms with van der Waals surface area (Å²) in [7, 11) is 0. The van der Waals surface area contributed by atoms with Gasteiger partial charge in [0, 0.05) is 35.7 Å². The number of hydrogen-bond acceptors (Lipinski definition) is 2. The maximum absolute atomic E-state index is 11.6. The van der Waals surface area contributed by atoms with Crippen molar-refractivity contribution in [1.29, 1.82) is 0 Å². The molecule has 0 N–H and O–H groups in total.